The zero-order chi connectivity index (χ0) is 22.2. The average Bonchev–Trinajstić information content (AvgIpc) is 3.56. The highest BCUT2D eigenvalue weighted by atomic mass is 16.2. The first-order chi connectivity index (χ1) is 15.5. The molecule has 0 spiro atoms. The van der Waals surface area contributed by atoms with Gasteiger partial charge in [-0.05, 0) is 81.3 Å². The smallest absolute Gasteiger partial charge is 0.273 e. The molecular formula is C25H28N6O. The fraction of sp³-hybridized carbons (Fsp3) is 0.400. The van der Waals surface area contributed by atoms with E-state index in [2.05, 4.69) is 20.5 Å². The van der Waals surface area contributed by atoms with Crippen molar-refractivity contribution in [2.24, 2.45) is 11.8 Å². The van der Waals surface area contributed by atoms with Crippen LogP contribution in [0.3, 0.4) is 0 Å². The summed E-state index contributed by atoms with van der Waals surface area (Å²) in [5.41, 5.74) is 4.85. The summed E-state index contributed by atoms with van der Waals surface area (Å²) in [5, 5.41) is 11.7. The molecule has 7 heteroatoms. The molecular weight excluding hydrogens is 400 g/mol. The molecule has 0 bridgehead atoms. The molecule has 4 heterocycles. The number of amides is 1. The Morgan fingerprint density at radius 2 is 1.88 bits per heavy atom. The Labute approximate surface area is 188 Å². The van der Waals surface area contributed by atoms with E-state index in [0.29, 0.717) is 18.2 Å². The van der Waals surface area contributed by atoms with Crippen molar-refractivity contribution in [2.45, 2.75) is 39.7 Å². The van der Waals surface area contributed by atoms with Crippen LogP contribution in [0.5, 0.6) is 0 Å². The Kier molecular flexibility index (Phi) is 5.33. The number of hydrogen-bond donors (Lipinski definition) is 1. The molecule has 2 fully saturated rings. The first-order valence-corrected chi connectivity index (χ1v) is 11.2. The van der Waals surface area contributed by atoms with Gasteiger partial charge in [-0.1, -0.05) is 6.07 Å². The van der Waals surface area contributed by atoms with E-state index in [1.807, 2.05) is 62.1 Å². The molecule has 1 aliphatic carbocycles. The summed E-state index contributed by atoms with van der Waals surface area (Å²) < 4.78 is 0. The normalized spacial score (nSPS) is 21.7. The lowest BCUT2D eigenvalue weighted by Crippen LogP contribution is -2.48. The molecule has 3 aromatic heterocycles. The van der Waals surface area contributed by atoms with Gasteiger partial charge in [-0.25, -0.2) is 4.98 Å². The summed E-state index contributed by atoms with van der Waals surface area (Å²) in [6.45, 7) is 7.29. The fourth-order valence-electron chi connectivity index (χ4n) is 4.67. The van der Waals surface area contributed by atoms with Gasteiger partial charge in [0.05, 0.1) is 11.4 Å². The predicted molar refractivity (Wildman–Crippen MR) is 123 cm³/mol. The second kappa shape index (κ2) is 8.30. The van der Waals surface area contributed by atoms with Crippen LogP contribution in [0.15, 0.2) is 42.6 Å². The van der Waals surface area contributed by atoms with Crippen molar-refractivity contribution in [1.82, 2.24) is 25.1 Å². The fourth-order valence-corrected chi connectivity index (χ4v) is 4.67. The topological polar surface area (TPSA) is 83.9 Å². The minimum atomic E-state index is -0.0131. The highest BCUT2D eigenvalue weighted by Crippen LogP contribution is 2.47. The monoisotopic (exact) mass is 428 g/mol. The first-order valence-electron chi connectivity index (χ1n) is 11.2. The van der Waals surface area contributed by atoms with Crippen molar-refractivity contribution in [1.29, 1.82) is 0 Å². The van der Waals surface area contributed by atoms with Crippen molar-refractivity contribution >= 4 is 11.7 Å². The van der Waals surface area contributed by atoms with Gasteiger partial charge >= 0.3 is 0 Å². The first kappa shape index (κ1) is 20.5. The maximum atomic E-state index is 13.9. The van der Waals surface area contributed by atoms with Gasteiger partial charge in [0.25, 0.3) is 5.91 Å². The maximum absolute atomic E-state index is 13.9. The van der Waals surface area contributed by atoms with E-state index < -0.39 is 0 Å². The second-order valence-electron chi connectivity index (χ2n) is 9.06. The van der Waals surface area contributed by atoms with Gasteiger partial charge in [0.2, 0.25) is 0 Å². The van der Waals surface area contributed by atoms with Gasteiger partial charge in [-0.15, -0.1) is 5.10 Å². The molecule has 1 aliphatic heterocycles. The van der Waals surface area contributed by atoms with Gasteiger partial charge in [0, 0.05) is 36.6 Å². The summed E-state index contributed by atoms with van der Waals surface area (Å²) in [5.74, 6) is 2.05. The van der Waals surface area contributed by atoms with Gasteiger partial charge in [0.1, 0.15) is 11.5 Å². The summed E-state index contributed by atoms with van der Waals surface area (Å²) >= 11 is 0. The summed E-state index contributed by atoms with van der Waals surface area (Å²) in [4.78, 5) is 25.1. The van der Waals surface area contributed by atoms with E-state index in [0.717, 1.165) is 52.9 Å². The van der Waals surface area contributed by atoms with Crippen LogP contribution in [-0.2, 0) is 0 Å². The second-order valence-corrected chi connectivity index (χ2v) is 9.06. The Morgan fingerprint density at radius 1 is 1.03 bits per heavy atom. The number of rotatable bonds is 5. The number of hydrogen-bond acceptors (Lipinski definition) is 6. The molecule has 3 unspecified atom stereocenters. The third kappa shape index (κ3) is 4.07. The lowest BCUT2D eigenvalue weighted by atomic mass is 9.99. The van der Waals surface area contributed by atoms with E-state index in [1.54, 1.807) is 6.20 Å². The molecule has 1 saturated carbocycles. The van der Waals surface area contributed by atoms with Crippen molar-refractivity contribution < 1.29 is 4.79 Å². The van der Waals surface area contributed by atoms with Crippen LogP contribution < -0.4 is 5.32 Å². The highest BCUT2D eigenvalue weighted by molar-refractivity contribution is 5.99. The summed E-state index contributed by atoms with van der Waals surface area (Å²) in [6.07, 6.45) is 3.98. The quantitative estimate of drug-likeness (QED) is 0.665. The van der Waals surface area contributed by atoms with Crippen LogP contribution in [0.1, 0.15) is 40.3 Å². The van der Waals surface area contributed by atoms with Crippen LogP contribution in [-0.4, -0.2) is 50.1 Å². The number of pyridine rings is 2. The average molecular weight is 429 g/mol. The van der Waals surface area contributed by atoms with Gasteiger partial charge in [-0.3, -0.25) is 9.78 Å². The van der Waals surface area contributed by atoms with Crippen LogP contribution in [0.2, 0.25) is 0 Å². The summed E-state index contributed by atoms with van der Waals surface area (Å²) in [7, 11) is 0. The van der Waals surface area contributed by atoms with E-state index in [9.17, 15) is 4.79 Å². The Balaban J connectivity index is 1.43. The van der Waals surface area contributed by atoms with Crippen molar-refractivity contribution in [3.8, 4) is 11.3 Å². The van der Waals surface area contributed by atoms with Crippen molar-refractivity contribution in [3.63, 3.8) is 0 Å². The third-order valence-electron chi connectivity index (χ3n) is 6.60. The number of aryl methyl sites for hydroxylation is 3. The standard InChI is InChI=1S/C25H28N6O/c1-15-5-4-10-26-23(15)21-8-6-16(2)28-24(21)25(32)31-14-19-11-18(19)12-20(31)13-27-22-9-7-17(3)29-30-22/h4-10,18-20H,11-14H2,1-3H3,(H,27,30). The maximum Gasteiger partial charge on any atom is 0.273 e. The molecule has 1 amide bonds. The number of nitrogens with one attached hydrogen (secondary N) is 1. The highest BCUT2D eigenvalue weighted by Gasteiger charge is 2.47. The lowest BCUT2D eigenvalue weighted by molar-refractivity contribution is 0.0610. The zero-order valence-corrected chi connectivity index (χ0v) is 18.7. The van der Waals surface area contributed by atoms with Crippen LogP contribution in [0.25, 0.3) is 11.3 Å². The Hall–Kier alpha value is -3.35. The number of likely N-dealkylation sites (tertiary alicyclic amines) is 1. The minimum absolute atomic E-state index is 0.0131. The van der Waals surface area contributed by atoms with E-state index in [1.165, 1.54) is 6.42 Å². The number of aromatic nitrogens is 4. The van der Waals surface area contributed by atoms with Crippen LogP contribution >= 0.6 is 0 Å². The van der Waals surface area contributed by atoms with Crippen LogP contribution in [0.4, 0.5) is 5.82 Å². The molecule has 1 N–H and O–H groups in total. The number of fused-ring (bicyclic) bond motifs is 1. The number of carbonyl (C=O) groups excluding carboxylic acids is 1. The van der Waals surface area contributed by atoms with Gasteiger partial charge < -0.3 is 10.2 Å². The van der Waals surface area contributed by atoms with Gasteiger partial charge in [0.15, 0.2) is 0 Å². The molecule has 164 valence electrons. The molecule has 3 aromatic rings. The lowest BCUT2D eigenvalue weighted by Gasteiger charge is -2.36. The van der Waals surface area contributed by atoms with Crippen molar-refractivity contribution in [2.75, 3.05) is 18.4 Å². The molecule has 32 heavy (non-hydrogen) atoms. The molecule has 0 aromatic carbocycles. The summed E-state index contributed by atoms with van der Waals surface area (Å²) in [6, 6.07) is 11.8. The molecule has 7 nitrogen and oxygen atoms in total. The van der Waals surface area contributed by atoms with E-state index in [-0.39, 0.29) is 11.9 Å². The van der Waals surface area contributed by atoms with Gasteiger partial charge in [-0.2, -0.15) is 5.10 Å². The Bertz CT molecular complexity index is 1150. The molecule has 5 rings (SSSR count). The van der Waals surface area contributed by atoms with E-state index >= 15 is 0 Å². The zero-order valence-electron chi connectivity index (χ0n) is 18.7. The van der Waals surface area contributed by atoms with E-state index in [4.69, 9.17) is 4.98 Å². The van der Waals surface area contributed by atoms with Crippen LogP contribution in [0, 0.1) is 32.6 Å². The van der Waals surface area contributed by atoms with Crippen molar-refractivity contribution in [3.05, 3.63) is 65.2 Å². The predicted octanol–water partition coefficient (Wildman–Crippen LogP) is 3.82. The number of nitrogens with zero attached hydrogens (tertiary/aromatic N) is 5. The molecule has 3 atom stereocenters. The Morgan fingerprint density at radius 3 is 2.66 bits per heavy atom. The number of carbonyl (C=O) groups is 1. The minimum Gasteiger partial charge on any atom is -0.367 e. The molecule has 0 radical (unpaired) electrons. The largest absolute Gasteiger partial charge is 0.367 e. The molecule has 2 aliphatic rings. The SMILES string of the molecule is Cc1ccc(NCC2CC3CC3CN2C(=O)c2nc(C)ccc2-c2ncccc2C)nn1. The third-order valence-corrected chi connectivity index (χ3v) is 6.60. The number of anilines is 1. The number of piperidine rings is 1. The molecule has 1 saturated heterocycles.